The summed E-state index contributed by atoms with van der Waals surface area (Å²) in [5.74, 6) is 4.00. The predicted molar refractivity (Wildman–Crippen MR) is 134 cm³/mol. The van der Waals surface area contributed by atoms with Crippen molar-refractivity contribution < 1.29 is 10.2 Å². The Balaban J connectivity index is 1.30. The number of hydrogen-bond acceptors (Lipinski definition) is 3. The molecule has 0 aliphatic heterocycles. The van der Waals surface area contributed by atoms with Crippen molar-refractivity contribution in [3.8, 4) is 0 Å². The van der Waals surface area contributed by atoms with Crippen LogP contribution in [0.1, 0.15) is 103 Å². The zero-order chi connectivity index (χ0) is 23.4. The lowest BCUT2D eigenvalue weighted by atomic mass is 9.47. The molecule has 1 unspecified atom stereocenters. The number of aliphatic hydroxyl groups is 2. The largest absolute Gasteiger partial charge is 0.393 e. The zero-order valence-electron chi connectivity index (χ0n) is 21.3. The molecule has 33 heavy (non-hydrogen) atoms. The highest BCUT2D eigenvalue weighted by molar-refractivity contribution is 5.26. The Morgan fingerprint density at radius 1 is 1.09 bits per heavy atom. The first-order chi connectivity index (χ1) is 15.7. The molecule has 3 saturated carbocycles. The maximum absolute atomic E-state index is 10.3. The van der Waals surface area contributed by atoms with Gasteiger partial charge in [-0.1, -0.05) is 38.5 Å². The van der Waals surface area contributed by atoms with E-state index in [2.05, 4.69) is 31.8 Å². The van der Waals surface area contributed by atoms with Crippen LogP contribution in [0.4, 0.5) is 0 Å². The van der Waals surface area contributed by atoms with Gasteiger partial charge >= 0.3 is 0 Å². The lowest BCUT2D eigenvalue weighted by Gasteiger charge is -2.58. The molecule has 3 nitrogen and oxygen atoms in total. The van der Waals surface area contributed by atoms with Crippen molar-refractivity contribution in [1.82, 2.24) is 4.98 Å². The summed E-state index contributed by atoms with van der Waals surface area (Å²) in [6.45, 7) is 9.50. The molecular formula is C30H45NO2. The molecular weight excluding hydrogens is 406 g/mol. The number of aromatic nitrogens is 1. The van der Waals surface area contributed by atoms with Crippen molar-refractivity contribution >= 4 is 0 Å². The summed E-state index contributed by atoms with van der Waals surface area (Å²) in [6.07, 6.45) is 15.9. The van der Waals surface area contributed by atoms with Gasteiger partial charge < -0.3 is 10.2 Å². The first kappa shape index (κ1) is 23.5. The van der Waals surface area contributed by atoms with E-state index in [1.165, 1.54) is 38.5 Å². The monoisotopic (exact) mass is 451 g/mol. The Morgan fingerprint density at radius 2 is 1.91 bits per heavy atom. The predicted octanol–water partition coefficient (Wildman–Crippen LogP) is 6.64. The summed E-state index contributed by atoms with van der Waals surface area (Å²) in [7, 11) is 0. The minimum Gasteiger partial charge on any atom is -0.393 e. The Morgan fingerprint density at radius 3 is 2.70 bits per heavy atom. The molecule has 0 amide bonds. The molecule has 9 atom stereocenters. The number of pyridine rings is 1. The van der Waals surface area contributed by atoms with Gasteiger partial charge in [0.05, 0.1) is 12.2 Å². The number of nitrogens with zero attached hydrogens (tertiary/aromatic N) is 1. The van der Waals surface area contributed by atoms with Gasteiger partial charge in [0.15, 0.2) is 0 Å². The average Bonchev–Trinajstić information content (AvgIpc) is 3.15. The van der Waals surface area contributed by atoms with Crippen LogP contribution in [0.2, 0.25) is 0 Å². The van der Waals surface area contributed by atoms with E-state index in [1.807, 2.05) is 25.3 Å². The lowest BCUT2D eigenvalue weighted by molar-refractivity contribution is -0.0571. The summed E-state index contributed by atoms with van der Waals surface area (Å²) < 4.78 is 0. The summed E-state index contributed by atoms with van der Waals surface area (Å²) in [6, 6.07) is 3.97. The third kappa shape index (κ3) is 3.92. The van der Waals surface area contributed by atoms with Gasteiger partial charge in [-0.05, 0) is 118 Å². The fourth-order valence-electron chi connectivity index (χ4n) is 9.22. The van der Waals surface area contributed by atoms with E-state index >= 15 is 0 Å². The Kier molecular flexibility index (Phi) is 6.27. The molecule has 4 aliphatic rings. The van der Waals surface area contributed by atoms with E-state index in [1.54, 1.807) is 5.57 Å². The number of aryl methyl sites for hydroxylation is 1. The van der Waals surface area contributed by atoms with Crippen LogP contribution in [-0.2, 0) is 6.42 Å². The number of hydrogen-bond donors (Lipinski definition) is 2. The van der Waals surface area contributed by atoms with Crippen molar-refractivity contribution in [2.45, 2.75) is 104 Å². The van der Waals surface area contributed by atoms with Gasteiger partial charge in [0.25, 0.3) is 0 Å². The second-order valence-electron chi connectivity index (χ2n) is 12.6. The first-order valence-electron chi connectivity index (χ1n) is 13.7. The summed E-state index contributed by atoms with van der Waals surface area (Å²) >= 11 is 0. The van der Waals surface area contributed by atoms with Crippen molar-refractivity contribution in [2.24, 2.45) is 40.4 Å². The van der Waals surface area contributed by atoms with Crippen LogP contribution < -0.4 is 0 Å². The second kappa shape index (κ2) is 8.79. The first-order valence-corrected chi connectivity index (χ1v) is 13.7. The molecule has 0 bridgehead atoms. The van der Waals surface area contributed by atoms with E-state index in [0.717, 1.165) is 60.6 Å². The molecule has 2 N–H and O–H groups in total. The maximum atomic E-state index is 10.3. The van der Waals surface area contributed by atoms with Crippen molar-refractivity contribution in [1.29, 1.82) is 0 Å². The highest BCUT2D eigenvalue weighted by atomic mass is 16.3. The number of rotatable bonds is 5. The maximum Gasteiger partial charge on any atom is 0.0779 e. The smallest absolute Gasteiger partial charge is 0.0779 e. The second-order valence-corrected chi connectivity index (χ2v) is 12.6. The lowest BCUT2D eigenvalue weighted by Crippen LogP contribution is -2.50. The summed E-state index contributed by atoms with van der Waals surface area (Å²) in [5.41, 5.74) is 4.46. The van der Waals surface area contributed by atoms with Gasteiger partial charge in [-0.3, -0.25) is 4.98 Å². The molecule has 0 aromatic carbocycles. The normalized spacial score (nSPS) is 42.0. The van der Waals surface area contributed by atoms with E-state index in [9.17, 15) is 10.2 Å². The standard InChI is InChI=1S/C30H45NO2/c1-19(7-12-28-23(20(2)32)6-5-17-31-28)25-10-11-26-24-9-8-21-18-22(33)13-15-29(21,3)27(24)14-16-30(25,26)4/h5-6,8,17,19-20,22,24-27,32-33H,7,9-16,18H2,1-4H3/t19-,20?,22+,24+,25-,26+,27+,29+,30-/m1/s1. The van der Waals surface area contributed by atoms with Gasteiger partial charge in [0.1, 0.15) is 0 Å². The Bertz CT molecular complexity index is 893. The highest BCUT2D eigenvalue weighted by Gasteiger charge is 2.59. The van der Waals surface area contributed by atoms with E-state index in [4.69, 9.17) is 0 Å². The van der Waals surface area contributed by atoms with Crippen LogP contribution in [0.25, 0.3) is 0 Å². The van der Waals surface area contributed by atoms with E-state index in [-0.39, 0.29) is 6.10 Å². The van der Waals surface area contributed by atoms with Crippen LogP contribution in [-0.4, -0.2) is 21.3 Å². The van der Waals surface area contributed by atoms with Gasteiger partial charge in [0, 0.05) is 17.5 Å². The minimum absolute atomic E-state index is 0.111. The fraction of sp³-hybridized carbons (Fsp3) is 0.767. The molecule has 0 radical (unpaired) electrons. The van der Waals surface area contributed by atoms with Crippen LogP contribution in [0, 0.1) is 40.4 Å². The highest BCUT2D eigenvalue weighted by Crippen LogP contribution is 2.67. The quantitative estimate of drug-likeness (QED) is 0.493. The third-order valence-electron chi connectivity index (χ3n) is 11.1. The topological polar surface area (TPSA) is 53.4 Å². The van der Waals surface area contributed by atoms with Crippen LogP contribution in [0.15, 0.2) is 30.0 Å². The molecule has 1 heterocycles. The SMILES string of the molecule is CC(O)c1cccnc1CC[C@@H](C)[C@H]1CC[C@H]2[C@@H]3CC=C4C[C@@H](O)CC[C@]4(C)[C@H]3CC[C@]12C. The average molecular weight is 452 g/mol. The van der Waals surface area contributed by atoms with Gasteiger partial charge in [-0.2, -0.15) is 0 Å². The number of fused-ring (bicyclic) bond motifs is 5. The Labute approximate surface area is 201 Å². The van der Waals surface area contributed by atoms with Gasteiger partial charge in [-0.15, -0.1) is 0 Å². The fourth-order valence-corrected chi connectivity index (χ4v) is 9.22. The summed E-state index contributed by atoms with van der Waals surface area (Å²) in [4.78, 5) is 4.62. The molecule has 3 heteroatoms. The summed E-state index contributed by atoms with van der Waals surface area (Å²) in [5, 5.41) is 20.4. The van der Waals surface area contributed by atoms with Crippen molar-refractivity contribution in [3.63, 3.8) is 0 Å². The molecule has 182 valence electrons. The molecule has 0 spiro atoms. The molecule has 5 rings (SSSR count). The van der Waals surface area contributed by atoms with Gasteiger partial charge in [-0.25, -0.2) is 0 Å². The number of aliphatic hydroxyl groups excluding tert-OH is 2. The van der Waals surface area contributed by atoms with Crippen LogP contribution in [0.3, 0.4) is 0 Å². The van der Waals surface area contributed by atoms with E-state index < -0.39 is 6.10 Å². The third-order valence-corrected chi connectivity index (χ3v) is 11.1. The molecule has 4 aliphatic carbocycles. The Hall–Kier alpha value is -1.19. The molecule has 1 aromatic rings. The van der Waals surface area contributed by atoms with Gasteiger partial charge in [0.2, 0.25) is 0 Å². The van der Waals surface area contributed by atoms with Crippen LogP contribution in [0.5, 0.6) is 0 Å². The molecule has 3 fully saturated rings. The number of allylic oxidation sites excluding steroid dienone is 1. The molecule has 1 aromatic heterocycles. The van der Waals surface area contributed by atoms with Crippen LogP contribution >= 0.6 is 0 Å². The van der Waals surface area contributed by atoms with Crippen molar-refractivity contribution in [3.05, 3.63) is 41.2 Å². The van der Waals surface area contributed by atoms with Crippen molar-refractivity contribution in [2.75, 3.05) is 0 Å². The molecule has 0 saturated heterocycles. The zero-order valence-corrected chi connectivity index (χ0v) is 21.3. The minimum atomic E-state index is -0.445. The van der Waals surface area contributed by atoms with E-state index in [0.29, 0.717) is 16.7 Å².